The van der Waals surface area contributed by atoms with Crippen molar-refractivity contribution in [2.24, 2.45) is 0 Å². The molecule has 0 amide bonds. The van der Waals surface area contributed by atoms with Crippen molar-refractivity contribution < 1.29 is 8.42 Å². The largest absolute Gasteiger partial charge is 0.266 e. The summed E-state index contributed by atoms with van der Waals surface area (Å²) in [5.74, 6) is 0.395. The Morgan fingerprint density at radius 1 is 1.16 bits per heavy atom. The highest BCUT2D eigenvalue weighted by Gasteiger charge is 2.30. The van der Waals surface area contributed by atoms with E-state index in [9.17, 15) is 8.42 Å². The monoisotopic (exact) mass is 278 g/mol. The molecule has 0 bridgehead atoms. The van der Waals surface area contributed by atoms with Gasteiger partial charge in [-0.3, -0.25) is 0 Å². The van der Waals surface area contributed by atoms with Crippen LogP contribution < -0.4 is 4.31 Å². The predicted molar refractivity (Wildman–Crippen MR) is 70.3 cm³/mol. The average molecular weight is 278 g/mol. The van der Waals surface area contributed by atoms with E-state index in [1.807, 2.05) is 6.92 Å². The summed E-state index contributed by atoms with van der Waals surface area (Å²) in [7, 11) is -3.55. The van der Waals surface area contributed by atoms with Crippen molar-refractivity contribution in [2.45, 2.75) is 24.8 Å². The molecule has 0 radical (unpaired) electrons. The maximum absolute atomic E-state index is 12.6. The minimum atomic E-state index is -3.55. The smallest absolute Gasteiger partial charge is 0.234 e. The molecule has 1 aliphatic heterocycles. The first-order valence-electron chi connectivity index (χ1n) is 6.06. The average Bonchev–Trinajstić information content (AvgIpc) is 2.87. The summed E-state index contributed by atoms with van der Waals surface area (Å²) in [6, 6.07) is 6.84. The van der Waals surface area contributed by atoms with E-state index < -0.39 is 10.0 Å². The van der Waals surface area contributed by atoms with Gasteiger partial charge in [-0.25, -0.2) is 17.4 Å². The quantitative estimate of drug-likeness (QED) is 0.827. The molecule has 0 saturated carbocycles. The molecule has 0 fully saturated rings. The van der Waals surface area contributed by atoms with Gasteiger partial charge >= 0.3 is 0 Å². The van der Waals surface area contributed by atoms with Crippen LogP contribution in [0.15, 0.2) is 35.5 Å². The molecule has 1 aromatic carbocycles. The third-order valence-electron chi connectivity index (χ3n) is 3.16. The Bertz CT molecular complexity index is 691. The van der Waals surface area contributed by atoms with Gasteiger partial charge in [0.25, 0.3) is 10.0 Å². The molecule has 0 saturated heterocycles. The summed E-state index contributed by atoms with van der Waals surface area (Å²) < 4.78 is 28.2. The molecule has 0 atom stereocenters. The lowest BCUT2D eigenvalue weighted by molar-refractivity contribution is 0.529. The molecule has 7 heteroatoms. The second-order valence-electron chi connectivity index (χ2n) is 4.53. The van der Waals surface area contributed by atoms with Crippen molar-refractivity contribution in [3.8, 4) is 0 Å². The Balaban J connectivity index is 2.05. The lowest BCUT2D eigenvalue weighted by atomic mass is 10.2. The number of hydrogen-bond donors (Lipinski definition) is 0. The maximum Gasteiger partial charge on any atom is 0.266 e. The molecular formula is C12H14N4O2S. The Morgan fingerprint density at radius 3 is 2.63 bits per heavy atom. The first-order chi connectivity index (χ1) is 9.09. The minimum absolute atomic E-state index is 0.287. The van der Waals surface area contributed by atoms with Crippen molar-refractivity contribution in [3.05, 3.63) is 36.2 Å². The Hall–Kier alpha value is -1.89. The number of fused-ring (bicyclic) bond motifs is 1. The highest BCUT2D eigenvalue weighted by atomic mass is 32.2. The summed E-state index contributed by atoms with van der Waals surface area (Å²) in [5, 5.41) is 4.03. The van der Waals surface area contributed by atoms with Crippen molar-refractivity contribution in [1.29, 1.82) is 0 Å². The van der Waals surface area contributed by atoms with Crippen molar-refractivity contribution in [1.82, 2.24) is 14.8 Å². The van der Waals surface area contributed by atoms with Gasteiger partial charge < -0.3 is 0 Å². The van der Waals surface area contributed by atoms with Crippen LogP contribution in [0.2, 0.25) is 0 Å². The topological polar surface area (TPSA) is 68.1 Å². The van der Waals surface area contributed by atoms with Crippen molar-refractivity contribution >= 4 is 16.0 Å². The second kappa shape index (κ2) is 4.34. The highest BCUT2D eigenvalue weighted by molar-refractivity contribution is 7.92. The van der Waals surface area contributed by atoms with E-state index in [0.717, 1.165) is 12.0 Å². The van der Waals surface area contributed by atoms with Crippen LogP contribution >= 0.6 is 0 Å². The number of rotatable bonds is 2. The summed E-state index contributed by atoms with van der Waals surface area (Å²) >= 11 is 0. The number of anilines is 1. The van der Waals surface area contributed by atoms with Gasteiger partial charge in [-0.05, 0) is 25.5 Å². The van der Waals surface area contributed by atoms with E-state index in [1.54, 1.807) is 28.9 Å². The molecule has 0 unspecified atom stereocenters. The third-order valence-corrected chi connectivity index (χ3v) is 4.95. The molecule has 1 aromatic heterocycles. The zero-order chi connectivity index (χ0) is 13.5. The molecule has 100 valence electrons. The third kappa shape index (κ3) is 1.99. The van der Waals surface area contributed by atoms with Gasteiger partial charge in [0.05, 0.1) is 4.90 Å². The number of aromatic nitrogens is 3. The van der Waals surface area contributed by atoms with Crippen LogP contribution in [0.1, 0.15) is 12.0 Å². The van der Waals surface area contributed by atoms with Crippen LogP contribution in [0.25, 0.3) is 0 Å². The van der Waals surface area contributed by atoms with E-state index in [1.165, 1.54) is 10.6 Å². The van der Waals surface area contributed by atoms with Crippen molar-refractivity contribution in [3.63, 3.8) is 0 Å². The van der Waals surface area contributed by atoms with Crippen LogP contribution in [-0.4, -0.2) is 29.7 Å². The fraction of sp³-hybridized carbons (Fsp3) is 0.333. The zero-order valence-corrected chi connectivity index (χ0v) is 11.3. The highest BCUT2D eigenvalue weighted by Crippen LogP contribution is 2.25. The summed E-state index contributed by atoms with van der Waals surface area (Å²) in [5.41, 5.74) is 1.03. The lowest BCUT2D eigenvalue weighted by Gasteiger charge is -2.27. The first-order valence-corrected chi connectivity index (χ1v) is 7.50. The summed E-state index contributed by atoms with van der Waals surface area (Å²) in [6.45, 7) is 3.07. The fourth-order valence-electron chi connectivity index (χ4n) is 2.14. The van der Waals surface area contributed by atoms with Crippen molar-refractivity contribution in [2.75, 3.05) is 10.8 Å². The Labute approximate surface area is 111 Å². The molecule has 0 spiro atoms. The fourth-order valence-corrected chi connectivity index (χ4v) is 3.60. The van der Waals surface area contributed by atoms with Gasteiger partial charge in [-0.2, -0.15) is 10.1 Å². The first kappa shape index (κ1) is 12.2. The minimum Gasteiger partial charge on any atom is -0.234 e. The maximum atomic E-state index is 12.6. The van der Waals surface area contributed by atoms with Gasteiger partial charge in [-0.15, -0.1) is 0 Å². The molecule has 19 heavy (non-hydrogen) atoms. The standard InChI is InChI=1S/C12H14N4O2S/c1-10-3-5-11(6-4-10)19(17,18)16-8-2-7-15-12(16)13-9-14-15/h3-6,9H,2,7-8H2,1H3. The predicted octanol–water partition coefficient (Wildman–Crippen LogP) is 1.19. The van der Waals surface area contributed by atoms with Crippen LogP contribution in [0, 0.1) is 6.92 Å². The van der Waals surface area contributed by atoms with Crippen LogP contribution in [0.3, 0.4) is 0 Å². The molecule has 2 aromatic rings. The van der Waals surface area contributed by atoms with Crippen LogP contribution in [0.4, 0.5) is 5.95 Å². The van der Waals surface area contributed by atoms with E-state index in [4.69, 9.17) is 0 Å². The number of sulfonamides is 1. The molecule has 2 heterocycles. The number of aryl methyl sites for hydroxylation is 2. The Morgan fingerprint density at radius 2 is 1.89 bits per heavy atom. The molecule has 1 aliphatic rings. The van der Waals surface area contributed by atoms with Gasteiger partial charge in [0.15, 0.2) is 0 Å². The number of hydrogen-bond acceptors (Lipinski definition) is 4. The number of nitrogens with zero attached hydrogens (tertiary/aromatic N) is 4. The molecule has 3 rings (SSSR count). The van der Waals surface area contributed by atoms with E-state index in [2.05, 4.69) is 10.1 Å². The number of benzene rings is 1. The molecular weight excluding hydrogens is 264 g/mol. The van der Waals surface area contributed by atoms with Crippen LogP contribution in [0.5, 0.6) is 0 Å². The second-order valence-corrected chi connectivity index (χ2v) is 6.39. The van der Waals surface area contributed by atoms with Gasteiger partial charge in [0.2, 0.25) is 5.95 Å². The Kier molecular flexibility index (Phi) is 2.78. The molecule has 0 N–H and O–H groups in total. The lowest BCUT2D eigenvalue weighted by Crippen LogP contribution is -2.38. The van der Waals surface area contributed by atoms with Crippen LogP contribution in [-0.2, 0) is 16.6 Å². The zero-order valence-electron chi connectivity index (χ0n) is 10.5. The summed E-state index contributed by atoms with van der Waals surface area (Å²) in [4.78, 5) is 4.33. The van der Waals surface area contributed by atoms with E-state index in [0.29, 0.717) is 19.0 Å². The molecule has 0 aliphatic carbocycles. The van der Waals surface area contributed by atoms with Gasteiger partial charge in [0.1, 0.15) is 6.33 Å². The van der Waals surface area contributed by atoms with E-state index >= 15 is 0 Å². The van der Waals surface area contributed by atoms with E-state index in [-0.39, 0.29) is 4.90 Å². The molecule has 6 nitrogen and oxygen atoms in total. The normalized spacial score (nSPS) is 15.3. The summed E-state index contributed by atoms with van der Waals surface area (Å²) in [6.07, 6.45) is 2.12. The van der Waals surface area contributed by atoms with Gasteiger partial charge in [-0.1, -0.05) is 17.7 Å². The van der Waals surface area contributed by atoms with Gasteiger partial charge in [0, 0.05) is 13.1 Å². The SMILES string of the molecule is Cc1ccc(S(=O)(=O)N2CCCn3ncnc32)cc1.